The Balaban J connectivity index is 2.04. The number of hydrogen-bond donors (Lipinski definition) is 0. The molecule has 0 bridgehead atoms. The molecule has 30 heavy (non-hydrogen) atoms. The van der Waals surface area contributed by atoms with Crippen LogP contribution >= 0.6 is 0 Å². The third kappa shape index (κ3) is 4.33. The molecule has 1 fully saturated rings. The molecular weight excluding hydrogens is 424 g/mol. The van der Waals surface area contributed by atoms with Crippen molar-refractivity contribution in [3.63, 3.8) is 0 Å². The lowest BCUT2D eigenvalue weighted by atomic mass is 9.94. The molecule has 1 aliphatic rings. The van der Waals surface area contributed by atoms with E-state index in [4.69, 9.17) is 4.74 Å². The summed E-state index contributed by atoms with van der Waals surface area (Å²) in [5, 5.41) is 0. The Morgan fingerprint density at radius 3 is 2.10 bits per heavy atom. The van der Waals surface area contributed by atoms with Crippen LogP contribution in [0.25, 0.3) is 0 Å². The van der Waals surface area contributed by atoms with Crippen LogP contribution in [-0.4, -0.2) is 48.4 Å². The van der Waals surface area contributed by atoms with Crippen molar-refractivity contribution in [3.8, 4) is 5.75 Å². The molecule has 164 valence electrons. The molecule has 0 amide bonds. The summed E-state index contributed by atoms with van der Waals surface area (Å²) in [7, 11) is -4.84. The van der Waals surface area contributed by atoms with E-state index in [-0.39, 0.29) is 33.1 Å². The van der Waals surface area contributed by atoms with Crippen molar-refractivity contribution >= 4 is 25.7 Å². The summed E-state index contributed by atoms with van der Waals surface area (Å²) in [5.41, 5.74) is 0.167. The summed E-state index contributed by atoms with van der Waals surface area (Å²) in [6.45, 7) is 4.98. The van der Waals surface area contributed by atoms with Crippen LogP contribution in [0.1, 0.15) is 20.3 Å². The van der Waals surface area contributed by atoms with Crippen LogP contribution in [0, 0.1) is 11.8 Å². The molecular formula is C21H28N2O5S2. The third-order valence-corrected chi connectivity index (χ3v) is 8.98. The molecule has 7 nitrogen and oxygen atoms in total. The summed E-state index contributed by atoms with van der Waals surface area (Å²) < 4.78 is 60.6. The third-order valence-electron chi connectivity index (χ3n) is 5.36. The smallest absolute Gasteiger partial charge is 0.264 e. The van der Waals surface area contributed by atoms with Gasteiger partial charge < -0.3 is 4.74 Å². The fourth-order valence-electron chi connectivity index (χ4n) is 3.91. The highest BCUT2D eigenvalue weighted by atomic mass is 32.2. The number of methoxy groups -OCH3 is 1. The number of sulfonamides is 2. The van der Waals surface area contributed by atoms with Gasteiger partial charge in [-0.1, -0.05) is 32.0 Å². The standard InChI is InChI=1S/C21H28N2O5S2/c1-16-12-17(2)15-23(14-16)30(26,27)19-10-11-21(28-4)20(13-19)22(3)29(24,25)18-8-6-5-7-9-18/h5-11,13,16-17H,12,14-15H2,1-4H3/t16-,17+. The van der Waals surface area contributed by atoms with E-state index in [9.17, 15) is 16.8 Å². The summed E-state index contributed by atoms with van der Waals surface area (Å²) in [4.78, 5) is 0.163. The predicted molar refractivity (Wildman–Crippen MR) is 117 cm³/mol. The number of ether oxygens (including phenoxy) is 1. The minimum atomic E-state index is -3.88. The maximum absolute atomic E-state index is 13.3. The van der Waals surface area contributed by atoms with Gasteiger partial charge in [-0.05, 0) is 48.6 Å². The molecule has 0 spiro atoms. The molecule has 0 aromatic heterocycles. The monoisotopic (exact) mass is 452 g/mol. The molecule has 1 heterocycles. The lowest BCUT2D eigenvalue weighted by Crippen LogP contribution is -2.42. The molecule has 9 heteroatoms. The first-order valence-corrected chi connectivity index (χ1v) is 12.7. The van der Waals surface area contributed by atoms with Crippen molar-refractivity contribution in [1.29, 1.82) is 0 Å². The molecule has 2 aromatic rings. The first-order valence-electron chi connectivity index (χ1n) is 9.79. The lowest BCUT2D eigenvalue weighted by Gasteiger charge is -2.34. The van der Waals surface area contributed by atoms with Gasteiger partial charge >= 0.3 is 0 Å². The molecule has 0 unspecified atom stereocenters. The lowest BCUT2D eigenvalue weighted by molar-refractivity contribution is 0.222. The van der Waals surface area contributed by atoms with Gasteiger partial charge in [-0.2, -0.15) is 4.31 Å². The molecule has 0 saturated carbocycles. The zero-order chi connectivity index (χ0) is 22.1. The van der Waals surface area contributed by atoms with E-state index in [0.717, 1.165) is 10.7 Å². The molecule has 2 aromatic carbocycles. The molecule has 2 atom stereocenters. The number of benzene rings is 2. The molecule has 3 rings (SSSR count). The minimum Gasteiger partial charge on any atom is -0.495 e. The van der Waals surface area contributed by atoms with Crippen molar-refractivity contribution in [2.75, 3.05) is 31.6 Å². The van der Waals surface area contributed by atoms with Gasteiger partial charge in [-0.15, -0.1) is 0 Å². The molecule has 1 aliphatic heterocycles. The van der Waals surface area contributed by atoms with Gasteiger partial charge in [0.05, 0.1) is 22.6 Å². The Morgan fingerprint density at radius 1 is 0.933 bits per heavy atom. The summed E-state index contributed by atoms with van der Waals surface area (Å²) >= 11 is 0. The van der Waals surface area contributed by atoms with E-state index in [0.29, 0.717) is 13.1 Å². The van der Waals surface area contributed by atoms with Crippen molar-refractivity contribution in [1.82, 2.24) is 4.31 Å². The molecule has 0 radical (unpaired) electrons. The second-order valence-corrected chi connectivity index (χ2v) is 11.8. The van der Waals surface area contributed by atoms with E-state index in [1.807, 2.05) is 13.8 Å². The Labute approximate surface area is 179 Å². The number of rotatable bonds is 6. The second-order valence-electron chi connectivity index (χ2n) is 7.89. The summed E-state index contributed by atoms with van der Waals surface area (Å²) in [6.07, 6.45) is 0.984. The second kappa shape index (κ2) is 8.56. The first kappa shape index (κ1) is 22.6. The summed E-state index contributed by atoms with van der Waals surface area (Å²) in [6, 6.07) is 12.3. The van der Waals surface area contributed by atoms with Gasteiger partial charge in [-0.25, -0.2) is 16.8 Å². The van der Waals surface area contributed by atoms with Crippen molar-refractivity contribution in [2.45, 2.75) is 30.1 Å². The van der Waals surface area contributed by atoms with Gasteiger partial charge in [0.1, 0.15) is 5.75 Å². The van der Waals surface area contributed by atoms with Crippen LogP contribution in [0.2, 0.25) is 0 Å². The fraction of sp³-hybridized carbons (Fsp3) is 0.429. The quantitative estimate of drug-likeness (QED) is 0.672. The molecule has 0 aliphatic carbocycles. The van der Waals surface area contributed by atoms with E-state index in [1.165, 1.54) is 48.8 Å². The van der Waals surface area contributed by atoms with E-state index >= 15 is 0 Å². The predicted octanol–water partition coefficient (Wildman–Crippen LogP) is 3.19. The van der Waals surface area contributed by atoms with E-state index < -0.39 is 20.0 Å². The maximum Gasteiger partial charge on any atom is 0.264 e. The number of piperidine rings is 1. The van der Waals surface area contributed by atoms with Crippen LogP contribution < -0.4 is 9.04 Å². The Bertz CT molecular complexity index is 1090. The topological polar surface area (TPSA) is 84.0 Å². The average Bonchev–Trinajstić information content (AvgIpc) is 2.72. The fourth-order valence-corrected chi connectivity index (χ4v) is 6.83. The van der Waals surface area contributed by atoms with Gasteiger partial charge in [0.2, 0.25) is 10.0 Å². The van der Waals surface area contributed by atoms with Crippen LogP contribution in [0.15, 0.2) is 58.3 Å². The zero-order valence-corrected chi connectivity index (χ0v) is 19.3. The van der Waals surface area contributed by atoms with Gasteiger partial charge in [0.15, 0.2) is 0 Å². The van der Waals surface area contributed by atoms with Crippen LogP contribution in [0.3, 0.4) is 0 Å². The van der Waals surface area contributed by atoms with Crippen molar-refractivity contribution < 1.29 is 21.6 Å². The highest BCUT2D eigenvalue weighted by Gasteiger charge is 2.33. The Morgan fingerprint density at radius 2 is 1.53 bits per heavy atom. The largest absolute Gasteiger partial charge is 0.495 e. The normalized spacial score (nSPS) is 20.7. The van der Waals surface area contributed by atoms with Gasteiger partial charge in [0, 0.05) is 20.1 Å². The maximum atomic E-state index is 13.3. The van der Waals surface area contributed by atoms with Crippen LogP contribution in [-0.2, 0) is 20.0 Å². The average molecular weight is 453 g/mol. The SMILES string of the molecule is COc1ccc(S(=O)(=O)N2C[C@H](C)C[C@H](C)C2)cc1N(C)S(=O)(=O)c1ccccc1. The Hall–Kier alpha value is -2.10. The summed E-state index contributed by atoms with van der Waals surface area (Å²) in [5.74, 6) is 0.807. The van der Waals surface area contributed by atoms with Crippen LogP contribution in [0.5, 0.6) is 5.75 Å². The number of anilines is 1. The van der Waals surface area contributed by atoms with E-state index in [1.54, 1.807) is 18.2 Å². The van der Waals surface area contributed by atoms with Gasteiger partial charge in [-0.3, -0.25) is 4.31 Å². The van der Waals surface area contributed by atoms with E-state index in [2.05, 4.69) is 0 Å². The molecule has 1 saturated heterocycles. The van der Waals surface area contributed by atoms with Crippen LogP contribution in [0.4, 0.5) is 5.69 Å². The zero-order valence-electron chi connectivity index (χ0n) is 17.6. The first-order chi connectivity index (χ1) is 14.1. The number of nitrogens with zero attached hydrogens (tertiary/aromatic N) is 2. The highest BCUT2D eigenvalue weighted by Crippen LogP contribution is 2.35. The van der Waals surface area contributed by atoms with Crippen molar-refractivity contribution in [2.24, 2.45) is 11.8 Å². The highest BCUT2D eigenvalue weighted by molar-refractivity contribution is 7.92. The number of hydrogen-bond acceptors (Lipinski definition) is 5. The van der Waals surface area contributed by atoms with Gasteiger partial charge in [0.25, 0.3) is 10.0 Å². The van der Waals surface area contributed by atoms with Crippen molar-refractivity contribution in [3.05, 3.63) is 48.5 Å². The minimum absolute atomic E-state index is 0.0507. The molecule has 0 N–H and O–H groups in total. The Kier molecular flexibility index (Phi) is 6.45.